The number of carboxylic acids is 2. The van der Waals surface area contributed by atoms with Gasteiger partial charge in [0.15, 0.2) is 0 Å². The van der Waals surface area contributed by atoms with Gasteiger partial charge in [0.25, 0.3) is 0 Å². The second-order valence-corrected chi connectivity index (χ2v) is 8.52. The molecule has 2 aromatic heterocycles. The number of carbonyl (C=O) groups is 2. The highest BCUT2D eigenvalue weighted by Crippen LogP contribution is 2.25. The summed E-state index contributed by atoms with van der Waals surface area (Å²) in [6.45, 7) is 0. The highest BCUT2D eigenvalue weighted by atomic mass is 16.4. The molecule has 0 aliphatic heterocycles. The van der Waals surface area contributed by atoms with Gasteiger partial charge in [0.05, 0.1) is 0 Å². The molecule has 6 rings (SSSR count). The van der Waals surface area contributed by atoms with Crippen LogP contribution in [-0.4, -0.2) is 42.3 Å². The number of hydrogen-bond donors (Lipinski definition) is 4. The van der Waals surface area contributed by atoms with Crippen molar-refractivity contribution in [3.05, 3.63) is 133 Å². The molecule has 0 aliphatic rings. The van der Waals surface area contributed by atoms with E-state index in [1.54, 1.807) is 36.9 Å². The number of aromatic nitrogens is 2. The normalized spacial score (nSPS) is 10.1. The van der Waals surface area contributed by atoms with E-state index in [-0.39, 0.29) is 22.6 Å². The first-order valence-electron chi connectivity index (χ1n) is 12.0. The highest BCUT2D eigenvalue weighted by Gasteiger charge is 2.10. The van der Waals surface area contributed by atoms with Gasteiger partial charge in [-0.15, -0.1) is 0 Å². The number of fused-ring (bicyclic) bond motifs is 2. The fourth-order valence-corrected chi connectivity index (χ4v) is 3.89. The summed E-state index contributed by atoms with van der Waals surface area (Å²) in [6, 6.07) is 28.3. The van der Waals surface area contributed by atoms with Gasteiger partial charge in [0, 0.05) is 24.8 Å². The summed E-state index contributed by atoms with van der Waals surface area (Å²) >= 11 is 0. The Labute approximate surface area is 229 Å². The Hall–Kier alpha value is -5.76. The zero-order chi connectivity index (χ0) is 28.5. The van der Waals surface area contributed by atoms with Crippen molar-refractivity contribution in [2.45, 2.75) is 0 Å². The van der Waals surface area contributed by atoms with Gasteiger partial charge >= 0.3 is 11.9 Å². The molecule has 198 valence electrons. The van der Waals surface area contributed by atoms with Gasteiger partial charge in [-0.2, -0.15) is 0 Å². The molecular weight excluding hydrogens is 508 g/mol. The Morgan fingerprint density at radius 3 is 1.07 bits per heavy atom. The highest BCUT2D eigenvalue weighted by molar-refractivity contribution is 5.98. The maximum Gasteiger partial charge on any atom is 0.339 e. The molecule has 8 heteroatoms. The first-order valence-corrected chi connectivity index (χ1v) is 12.0. The maximum absolute atomic E-state index is 10.7. The third-order valence-electron chi connectivity index (χ3n) is 5.88. The Morgan fingerprint density at radius 2 is 0.775 bits per heavy atom. The third-order valence-corrected chi connectivity index (χ3v) is 5.88. The van der Waals surface area contributed by atoms with E-state index in [0.717, 1.165) is 21.5 Å². The lowest BCUT2D eigenvalue weighted by Gasteiger charge is -2.02. The van der Waals surface area contributed by atoms with Gasteiger partial charge in [-0.05, 0) is 81.2 Å². The number of phenols is 2. The largest absolute Gasteiger partial charge is 0.507 e. The summed E-state index contributed by atoms with van der Waals surface area (Å²) in [4.78, 5) is 29.3. The van der Waals surface area contributed by atoms with Gasteiger partial charge in [0.2, 0.25) is 0 Å². The average Bonchev–Trinajstić information content (AvgIpc) is 2.98. The van der Waals surface area contributed by atoms with E-state index in [1.165, 1.54) is 35.4 Å². The van der Waals surface area contributed by atoms with E-state index in [9.17, 15) is 19.8 Å². The number of rotatable bonds is 3. The Balaban J connectivity index is 0.000000139. The lowest BCUT2D eigenvalue weighted by molar-refractivity contribution is 0.0682. The molecule has 4 N–H and O–H groups in total. The molecular formula is C32H24N2O6. The zero-order valence-corrected chi connectivity index (χ0v) is 21.0. The molecule has 4 aromatic carbocycles. The van der Waals surface area contributed by atoms with Crippen molar-refractivity contribution in [2.75, 3.05) is 0 Å². The summed E-state index contributed by atoms with van der Waals surface area (Å²) in [5.74, 6) is -2.63. The van der Waals surface area contributed by atoms with Crippen LogP contribution in [0, 0.1) is 0 Å². The lowest BCUT2D eigenvalue weighted by atomic mass is 10.1. The Bertz CT molecular complexity index is 1640. The Morgan fingerprint density at radius 1 is 0.475 bits per heavy atom. The molecule has 2 heterocycles. The van der Waals surface area contributed by atoms with E-state index < -0.39 is 11.9 Å². The van der Waals surface area contributed by atoms with Crippen molar-refractivity contribution in [2.24, 2.45) is 0 Å². The van der Waals surface area contributed by atoms with Crippen LogP contribution in [0.25, 0.3) is 32.7 Å². The molecule has 0 fully saturated rings. The summed E-state index contributed by atoms with van der Waals surface area (Å²) in [5.41, 5.74) is 2.22. The summed E-state index contributed by atoms with van der Waals surface area (Å²) < 4.78 is 0. The molecule has 0 amide bonds. The fourth-order valence-electron chi connectivity index (χ4n) is 3.89. The van der Waals surface area contributed by atoms with Gasteiger partial charge in [0.1, 0.15) is 22.6 Å². The minimum Gasteiger partial charge on any atom is -0.507 e. The number of aromatic carboxylic acids is 2. The van der Waals surface area contributed by atoms with E-state index in [2.05, 4.69) is 9.97 Å². The first-order chi connectivity index (χ1) is 19.3. The molecule has 6 aromatic rings. The predicted molar refractivity (Wildman–Crippen MR) is 153 cm³/mol. The van der Waals surface area contributed by atoms with Crippen LogP contribution in [0.4, 0.5) is 0 Å². The zero-order valence-electron chi connectivity index (χ0n) is 21.0. The first kappa shape index (κ1) is 27.3. The number of benzene rings is 4. The molecule has 0 aliphatic carbocycles. The maximum atomic E-state index is 10.7. The summed E-state index contributed by atoms with van der Waals surface area (Å²) in [6.07, 6.45) is 7.15. The van der Waals surface area contributed by atoms with Gasteiger partial charge in [-0.1, -0.05) is 48.5 Å². The van der Waals surface area contributed by atoms with Crippen LogP contribution < -0.4 is 0 Å². The minimum atomic E-state index is -1.12. The quantitative estimate of drug-likeness (QED) is 0.199. The van der Waals surface area contributed by atoms with Crippen LogP contribution in [0.5, 0.6) is 11.5 Å². The predicted octanol–water partition coefficient (Wildman–Crippen LogP) is 6.63. The monoisotopic (exact) mass is 532 g/mol. The lowest BCUT2D eigenvalue weighted by Crippen LogP contribution is -1.96. The van der Waals surface area contributed by atoms with Gasteiger partial charge in [-0.3, -0.25) is 9.97 Å². The van der Waals surface area contributed by atoms with E-state index in [4.69, 9.17) is 10.2 Å². The van der Waals surface area contributed by atoms with Crippen molar-refractivity contribution >= 4 is 33.5 Å². The topological polar surface area (TPSA) is 141 Å². The van der Waals surface area contributed by atoms with Crippen LogP contribution in [0.2, 0.25) is 0 Å². The molecule has 0 unspecified atom stereocenters. The van der Waals surface area contributed by atoms with Gasteiger partial charge in [-0.25, -0.2) is 9.59 Å². The van der Waals surface area contributed by atoms with Crippen LogP contribution >= 0.6 is 0 Å². The van der Waals surface area contributed by atoms with Crippen molar-refractivity contribution in [3.63, 3.8) is 0 Å². The van der Waals surface area contributed by atoms with Crippen LogP contribution in [0.15, 0.2) is 122 Å². The summed E-state index contributed by atoms with van der Waals surface area (Å²) in [5, 5.41) is 39.6. The second-order valence-electron chi connectivity index (χ2n) is 8.52. The fraction of sp³-hybridized carbons (Fsp3) is 0. The van der Waals surface area contributed by atoms with Crippen molar-refractivity contribution in [3.8, 4) is 22.6 Å². The second kappa shape index (κ2) is 12.7. The molecule has 0 saturated heterocycles. The number of hydrogen-bond acceptors (Lipinski definition) is 6. The van der Waals surface area contributed by atoms with Crippen molar-refractivity contribution < 1.29 is 30.0 Å². The van der Waals surface area contributed by atoms with E-state index in [1.807, 2.05) is 60.7 Å². The molecule has 0 bridgehead atoms. The minimum absolute atomic E-state index is 0.0660. The Kier molecular flexibility index (Phi) is 8.63. The molecule has 8 nitrogen and oxygen atoms in total. The van der Waals surface area contributed by atoms with Crippen molar-refractivity contribution in [1.82, 2.24) is 9.97 Å². The third kappa shape index (κ3) is 6.76. The average molecular weight is 533 g/mol. The van der Waals surface area contributed by atoms with E-state index in [0.29, 0.717) is 0 Å². The number of nitrogens with zero attached hydrogens (tertiary/aromatic N) is 2. The molecule has 40 heavy (non-hydrogen) atoms. The SMILES string of the molecule is O=C(O)c1cc2ccccc2cc1O.O=C(O)c1cc2ccccc2cc1O.c1cc(-c2ccncc2)ccn1. The molecule has 0 spiro atoms. The molecule has 0 saturated carbocycles. The van der Waals surface area contributed by atoms with Crippen LogP contribution in [0.3, 0.4) is 0 Å². The number of carboxylic acid groups (broad SMARTS) is 2. The van der Waals surface area contributed by atoms with Crippen LogP contribution in [-0.2, 0) is 0 Å². The molecule has 0 atom stereocenters. The number of aromatic hydroxyl groups is 2. The van der Waals surface area contributed by atoms with Crippen molar-refractivity contribution in [1.29, 1.82) is 0 Å². The summed E-state index contributed by atoms with van der Waals surface area (Å²) in [7, 11) is 0. The smallest absolute Gasteiger partial charge is 0.339 e. The standard InChI is InChI=1S/2C11H8O3.C10H8N2/c2*12-10-6-8-4-2-1-3-7(8)5-9(10)11(13)14;1-5-11-6-2-9(1)10-3-7-12-8-4-10/h2*1-6,12H,(H,13,14);1-8H. The van der Waals surface area contributed by atoms with Gasteiger partial charge < -0.3 is 20.4 Å². The molecule has 0 radical (unpaired) electrons. The van der Waals surface area contributed by atoms with E-state index >= 15 is 0 Å². The number of pyridine rings is 2. The van der Waals surface area contributed by atoms with Crippen LogP contribution in [0.1, 0.15) is 20.7 Å².